The van der Waals surface area contributed by atoms with Gasteiger partial charge in [0.1, 0.15) is 4.33 Å². The van der Waals surface area contributed by atoms with Crippen molar-refractivity contribution in [2.24, 2.45) is 5.41 Å². The molecule has 1 amide bonds. The second-order valence-corrected chi connectivity index (χ2v) is 8.15. The summed E-state index contributed by atoms with van der Waals surface area (Å²) in [5.74, 6) is 0.0280. The van der Waals surface area contributed by atoms with Crippen LogP contribution in [0.3, 0.4) is 0 Å². The van der Waals surface area contributed by atoms with Crippen LogP contribution in [0.25, 0.3) is 0 Å². The number of benzene rings is 1. The Morgan fingerprint density at radius 2 is 2.05 bits per heavy atom. The van der Waals surface area contributed by atoms with Crippen molar-refractivity contribution in [2.75, 3.05) is 6.54 Å². The third kappa shape index (κ3) is 2.75. The molecule has 0 spiro atoms. The van der Waals surface area contributed by atoms with Crippen molar-refractivity contribution < 1.29 is 9.90 Å². The van der Waals surface area contributed by atoms with E-state index in [1.807, 2.05) is 42.2 Å². The monoisotopic (exact) mass is 341 g/mol. The van der Waals surface area contributed by atoms with Crippen molar-refractivity contribution in [2.45, 2.75) is 49.1 Å². The van der Waals surface area contributed by atoms with Crippen molar-refractivity contribution in [3.63, 3.8) is 0 Å². The zero-order valence-electron chi connectivity index (χ0n) is 12.6. The van der Waals surface area contributed by atoms with Gasteiger partial charge in [-0.1, -0.05) is 30.3 Å². The summed E-state index contributed by atoms with van der Waals surface area (Å²) in [6.07, 6.45) is 2.40. The third-order valence-corrected chi connectivity index (χ3v) is 6.15. The molecule has 5 heteroatoms. The first kappa shape index (κ1) is 16.1. The summed E-state index contributed by atoms with van der Waals surface area (Å²) in [4.78, 5) is 14.6. The Labute approximate surface area is 141 Å². The molecule has 1 aliphatic heterocycles. The number of hydrogen-bond acceptors (Lipinski definition) is 2. The molecule has 1 heterocycles. The maximum absolute atomic E-state index is 12.7. The van der Waals surface area contributed by atoms with Gasteiger partial charge in [0.25, 0.3) is 0 Å². The number of carbonyl (C=O) groups excluding carboxylic acids is 1. The highest BCUT2D eigenvalue weighted by Crippen LogP contribution is 2.64. The predicted octanol–water partition coefficient (Wildman–Crippen LogP) is 3.69. The Balaban J connectivity index is 1.68. The molecule has 1 saturated heterocycles. The molecule has 3 rings (SSSR count). The number of nitrogens with zero attached hydrogens (tertiary/aromatic N) is 1. The molecule has 1 aromatic rings. The molecular formula is C17H21Cl2NO2. The van der Waals surface area contributed by atoms with E-state index in [2.05, 4.69) is 0 Å². The lowest BCUT2D eigenvalue weighted by Crippen LogP contribution is -2.42. The average molecular weight is 342 g/mol. The molecule has 0 bridgehead atoms. The topological polar surface area (TPSA) is 40.5 Å². The number of halogens is 2. The van der Waals surface area contributed by atoms with Crippen molar-refractivity contribution in [1.82, 2.24) is 4.90 Å². The smallest absolute Gasteiger partial charge is 0.231 e. The van der Waals surface area contributed by atoms with Gasteiger partial charge in [-0.3, -0.25) is 4.79 Å². The number of alkyl halides is 2. The number of rotatable bonds is 4. The second-order valence-electron chi connectivity index (χ2n) is 6.67. The summed E-state index contributed by atoms with van der Waals surface area (Å²) in [7, 11) is 0. The summed E-state index contributed by atoms with van der Waals surface area (Å²) < 4.78 is -0.935. The van der Waals surface area contributed by atoms with Crippen LogP contribution in [0.5, 0.6) is 0 Å². The SMILES string of the molecule is CC1(C(=O)N2CCCC2CC(O)c2ccccc2)CC1(Cl)Cl. The largest absolute Gasteiger partial charge is 0.388 e. The van der Waals surface area contributed by atoms with E-state index in [1.165, 1.54) is 0 Å². The van der Waals surface area contributed by atoms with E-state index in [1.54, 1.807) is 0 Å². The molecule has 1 N–H and O–H groups in total. The van der Waals surface area contributed by atoms with E-state index in [0.29, 0.717) is 12.8 Å². The highest BCUT2D eigenvalue weighted by Gasteiger charge is 2.69. The first-order valence-electron chi connectivity index (χ1n) is 7.77. The maximum Gasteiger partial charge on any atom is 0.231 e. The molecule has 3 atom stereocenters. The molecular weight excluding hydrogens is 321 g/mol. The molecule has 1 aromatic carbocycles. The molecule has 2 fully saturated rings. The summed E-state index contributed by atoms with van der Waals surface area (Å²) in [6.45, 7) is 2.56. The number of carbonyl (C=O) groups is 1. The lowest BCUT2D eigenvalue weighted by Gasteiger charge is -2.29. The van der Waals surface area contributed by atoms with E-state index in [0.717, 1.165) is 24.9 Å². The van der Waals surface area contributed by atoms with Crippen LogP contribution in [0.2, 0.25) is 0 Å². The number of aliphatic hydroxyl groups excluding tert-OH is 1. The van der Waals surface area contributed by atoms with Crippen LogP contribution < -0.4 is 0 Å². The van der Waals surface area contributed by atoms with Crippen LogP contribution in [0.15, 0.2) is 30.3 Å². The highest BCUT2D eigenvalue weighted by molar-refractivity contribution is 6.53. The Bertz CT molecular complexity index is 563. The number of hydrogen-bond donors (Lipinski definition) is 1. The van der Waals surface area contributed by atoms with Crippen molar-refractivity contribution in [1.29, 1.82) is 0 Å². The quantitative estimate of drug-likeness (QED) is 0.848. The normalized spacial score (nSPS) is 31.1. The minimum Gasteiger partial charge on any atom is -0.388 e. The van der Waals surface area contributed by atoms with Crippen LogP contribution in [0.4, 0.5) is 0 Å². The first-order valence-corrected chi connectivity index (χ1v) is 8.53. The molecule has 3 nitrogen and oxygen atoms in total. The fourth-order valence-corrected chi connectivity index (χ4v) is 4.06. The predicted molar refractivity (Wildman–Crippen MR) is 87.9 cm³/mol. The fraction of sp³-hybridized carbons (Fsp3) is 0.588. The minimum atomic E-state index is -0.935. The average Bonchev–Trinajstić information content (AvgIpc) is 2.85. The number of aliphatic hydroxyl groups is 1. The fourth-order valence-electron chi connectivity index (χ4n) is 3.37. The first-order chi connectivity index (χ1) is 10.3. The van der Waals surface area contributed by atoms with E-state index in [-0.39, 0.29) is 11.9 Å². The van der Waals surface area contributed by atoms with E-state index in [4.69, 9.17) is 23.2 Å². The van der Waals surface area contributed by atoms with Crippen LogP contribution in [-0.2, 0) is 4.79 Å². The van der Waals surface area contributed by atoms with Crippen molar-refractivity contribution in [3.8, 4) is 0 Å². The van der Waals surface area contributed by atoms with Gasteiger partial charge in [0.05, 0.1) is 11.5 Å². The molecule has 1 aliphatic carbocycles. The Morgan fingerprint density at radius 1 is 1.41 bits per heavy atom. The zero-order chi connectivity index (χ0) is 16.0. The maximum atomic E-state index is 12.7. The molecule has 0 radical (unpaired) electrons. The van der Waals surface area contributed by atoms with Gasteiger partial charge in [-0.05, 0) is 38.2 Å². The van der Waals surface area contributed by atoms with Crippen LogP contribution in [-0.4, -0.2) is 32.8 Å². The molecule has 120 valence electrons. The van der Waals surface area contributed by atoms with Gasteiger partial charge in [0.2, 0.25) is 5.91 Å². The summed E-state index contributed by atoms with van der Waals surface area (Å²) in [6, 6.07) is 9.64. The van der Waals surface area contributed by atoms with Crippen LogP contribution in [0.1, 0.15) is 44.3 Å². The summed E-state index contributed by atoms with van der Waals surface area (Å²) in [5.41, 5.74) is 0.222. The molecule has 0 aromatic heterocycles. The van der Waals surface area contributed by atoms with E-state index < -0.39 is 15.9 Å². The molecule has 22 heavy (non-hydrogen) atoms. The van der Waals surface area contributed by atoms with Gasteiger partial charge in [-0.25, -0.2) is 0 Å². The summed E-state index contributed by atoms with van der Waals surface area (Å²) in [5, 5.41) is 10.4. The van der Waals surface area contributed by atoms with Gasteiger partial charge in [0, 0.05) is 12.6 Å². The Kier molecular flexibility index (Phi) is 4.17. The lowest BCUT2D eigenvalue weighted by molar-refractivity contribution is -0.137. The van der Waals surface area contributed by atoms with Gasteiger partial charge < -0.3 is 10.0 Å². The minimum absolute atomic E-state index is 0.0280. The van der Waals surface area contributed by atoms with Crippen LogP contribution >= 0.6 is 23.2 Å². The highest BCUT2D eigenvalue weighted by atomic mass is 35.5. The van der Waals surface area contributed by atoms with Crippen molar-refractivity contribution in [3.05, 3.63) is 35.9 Å². The third-order valence-electron chi connectivity index (χ3n) is 5.05. The zero-order valence-corrected chi connectivity index (χ0v) is 14.1. The van der Waals surface area contributed by atoms with E-state index >= 15 is 0 Å². The Hall–Kier alpha value is -0.770. The lowest BCUT2D eigenvalue weighted by atomic mass is 9.99. The molecule has 3 unspecified atom stereocenters. The van der Waals surface area contributed by atoms with Crippen molar-refractivity contribution >= 4 is 29.1 Å². The number of amides is 1. The van der Waals surface area contributed by atoms with Crippen LogP contribution in [0, 0.1) is 5.41 Å². The van der Waals surface area contributed by atoms with Gasteiger partial charge in [-0.15, -0.1) is 23.2 Å². The second kappa shape index (κ2) is 5.70. The van der Waals surface area contributed by atoms with Gasteiger partial charge >= 0.3 is 0 Å². The molecule has 2 aliphatic rings. The van der Waals surface area contributed by atoms with Gasteiger partial charge in [-0.2, -0.15) is 0 Å². The molecule has 1 saturated carbocycles. The Morgan fingerprint density at radius 3 is 2.64 bits per heavy atom. The standard InChI is InChI=1S/C17H21Cl2NO2/c1-16(11-17(16,18)19)15(22)20-9-5-8-13(20)10-14(21)12-6-3-2-4-7-12/h2-4,6-7,13-14,21H,5,8-11H2,1H3. The van der Waals surface area contributed by atoms with Gasteiger partial charge in [0.15, 0.2) is 0 Å². The van der Waals surface area contributed by atoms with E-state index in [9.17, 15) is 9.90 Å². The number of likely N-dealkylation sites (tertiary alicyclic amines) is 1. The summed E-state index contributed by atoms with van der Waals surface area (Å²) >= 11 is 12.3.